The van der Waals surface area contributed by atoms with Gasteiger partial charge in [0.25, 0.3) is 0 Å². The van der Waals surface area contributed by atoms with Gasteiger partial charge >= 0.3 is 0 Å². The first kappa shape index (κ1) is 13.5. The second kappa shape index (κ2) is 5.86. The third-order valence-corrected chi connectivity index (χ3v) is 4.50. The molecule has 0 saturated heterocycles. The molecule has 0 unspecified atom stereocenters. The lowest BCUT2D eigenvalue weighted by Crippen LogP contribution is -2.09. The Morgan fingerprint density at radius 3 is 2.80 bits per heavy atom. The van der Waals surface area contributed by atoms with E-state index in [9.17, 15) is 5.11 Å². The van der Waals surface area contributed by atoms with Crippen molar-refractivity contribution in [2.75, 3.05) is 0 Å². The van der Waals surface area contributed by atoms with Crippen molar-refractivity contribution < 1.29 is 9.63 Å². The second-order valence-electron chi connectivity index (χ2n) is 6.03. The maximum atomic E-state index is 9.98. The molecule has 3 rings (SSSR count). The van der Waals surface area contributed by atoms with Crippen molar-refractivity contribution in [1.29, 1.82) is 0 Å². The van der Waals surface area contributed by atoms with Crippen LogP contribution in [-0.2, 0) is 12.8 Å². The number of phenolic OH excluding ortho intramolecular Hbond substituents is 1. The molecule has 0 radical (unpaired) electrons. The minimum atomic E-state index is 0.333. The van der Waals surface area contributed by atoms with Gasteiger partial charge in [0, 0.05) is 10.9 Å². The van der Waals surface area contributed by atoms with Crippen molar-refractivity contribution >= 4 is 11.0 Å². The summed E-state index contributed by atoms with van der Waals surface area (Å²) in [5.41, 5.74) is 2.77. The van der Waals surface area contributed by atoms with Crippen molar-refractivity contribution in [2.45, 2.75) is 58.3 Å². The standard InChI is InChI=1S/C17H23NO2/c1-2-6-14-16(19)10-9-13-15(18-20-17(13)14)11-12-7-4-3-5-8-12/h9-10,12,19H,2-8,11H2,1H3. The Morgan fingerprint density at radius 2 is 2.05 bits per heavy atom. The van der Waals surface area contributed by atoms with Crippen LogP contribution in [0.3, 0.4) is 0 Å². The molecule has 0 atom stereocenters. The molecule has 1 heterocycles. The highest BCUT2D eigenvalue weighted by Crippen LogP contribution is 2.33. The molecule has 0 bridgehead atoms. The number of nitrogens with zero attached hydrogens (tertiary/aromatic N) is 1. The quantitative estimate of drug-likeness (QED) is 0.885. The minimum absolute atomic E-state index is 0.333. The molecule has 0 spiro atoms. The molecule has 1 fully saturated rings. The van der Waals surface area contributed by atoms with Crippen LogP contribution >= 0.6 is 0 Å². The van der Waals surface area contributed by atoms with Crippen molar-refractivity contribution in [1.82, 2.24) is 5.16 Å². The average molecular weight is 273 g/mol. The van der Waals surface area contributed by atoms with Crippen LogP contribution in [0.15, 0.2) is 16.7 Å². The van der Waals surface area contributed by atoms with Crippen molar-refractivity contribution in [3.05, 3.63) is 23.4 Å². The molecular formula is C17H23NO2. The molecule has 108 valence electrons. The van der Waals surface area contributed by atoms with Gasteiger partial charge < -0.3 is 9.63 Å². The van der Waals surface area contributed by atoms with Crippen LogP contribution in [0.25, 0.3) is 11.0 Å². The number of benzene rings is 1. The highest BCUT2D eigenvalue weighted by Gasteiger charge is 2.19. The summed E-state index contributed by atoms with van der Waals surface area (Å²) in [7, 11) is 0. The van der Waals surface area contributed by atoms with E-state index < -0.39 is 0 Å². The van der Waals surface area contributed by atoms with Crippen LogP contribution in [0.5, 0.6) is 5.75 Å². The van der Waals surface area contributed by atoms with Crippen LogP contribution < -0.4 is 0 Å². The lowest BCUT2D eigenvalue weighted by atomic mass is 9.85. The van der Waals surface area contributed by atoms with E-state index in [4.69, 9.17) is 4.52 Å². The molecule has 0 amide bonds. The number of hydrogen-bond acceptors (Lipinski definition) is 3. The Morgan fingerprint density at radius 1 is 1.25 bits per heavy atom. The first-order chi connectivity index (χ1) is 9.79. The third kappa shape index (κ3) is 2.54. The fourth-order valence-electron chi connectivity index (χ4n) is 3.40. The summed E-state index contributed by atoms with van der Waals surface area (Å²) in [5.74, 6) is 1.08. The van der Waals surface area contributed by atoms with Gasteiger partial charge in [-0.1, -0.05) is 50.6 Å². The minimum Gasteiger partial charge on any atom is -0.508 e. The molecule has 1 aliphatic carbocycles. The molecule has 1 saturated carbocycles. The third-order valence-electron chi connectivity index (χ3n) is 4.50. The number of fused-ring (bicyclic) bond motifs is 1. The summed E-state index contributed by atoms with van der Waals surface area (Å²) < 4.78 is 5.55. The lowest BCUT2D eigenvalue weighted by Gasteiger charge is -2.20. The summed E-state index contributed by atoms with van der Waals surface area (Å²) in [4.78, 5) is 0. The lowest BCUT2D eigenvalue weighted by molar-refractivity contribution is 0.346. The smallest absolute Gasteiger partial charge is 0.174 e. The maximum absolute atomic E-state index is 9.98. The van der Waals surface area contributed by atoms with E-state index >= 15 is 0 Å². The monoisotopic (exact) mass is 273 g/mol. The van der Waals surface area contributed by atoms with Gasteiger partial charge in [-0.05, 0) is 30.9 Å². The fourth-order valence-corrected chi connectivity index (χ4v) is 3.40. The molecule has 1 aromatic heterocycles. The molecule has 0 aliphatic heterocycles. The summed E-state index contributed by atoms with van der Waals surface area (Å²) in [6.07, 6.45) is 9.55. The molecule has 1 N–H and O–H groups in total. The van der Waals surface area contributed by atoms with E-state index in [0.29, 0.717) is 5.75 Å². The Hall–Kier alpha value is -1.51. The largest absolute Gasteiger partial charge is 0.508 e. The molecular weight excluding hydrogens is 250 g/mol. The summed E-state index contributed by atoms with van der Waals surface area (Å²) in [6.45, 7) is 2.11. The van der Waals surface area contributed by atoms with Gasteiger partial charge in [0.05, 0.1) is 5.69 Å². The molecule has 3 nitrogen and oxygen atoms in total. The zero-order valence-electron chi connectivity index (χ0n) is 12.2. The van der Waals surface area contributed by atoms with Crippen LogP contribution in [0.2, 0.25) is 0 Å². The van der Waals surface area contributed by atoms with Gasteiger partial charge in [0.15, 0.2) is 5.58 Å². The molecule has 1 aromatic carbocycles. The zero-order chi connectivity index (χ0) is 13.9. The van der Waals surface area contributed by atoms with Gasteiger partial charge in [-0.25, -0.2) is 0 Å². The second-order valence-corrected chi connectivity index (χ2v) is 6.03. The van der Waals surface area contributed by atoms with Gasteiger partial charge in [0.2, 0.25) is 0 Å². The maximum Gasteiger partial charge on any atom is 0.174 e. The zero-order valence-corrected chi connectivity index (χ0v) is 12.2. The van der Waals surface area contributed by atoms with Crippen LogP contribution in [0.4, 0.5) is 0 Å². The van der Waals surface area contributed by atoms with E-state index in [-0.39, 0.29) is 0 Å². The SMILES string of the molecule is CCCc1c(O)ccc2c(CC3CCCCC3)noc12. The first-order valence-electron chi connectivity index (χ1n) is 7.88. The van der Waals surface area contributed by atoms with E-state index in [0.717, 1.165) is 47.4 Å². The highest BCUT2D eigenvalue weighted by molar-refractivity contribution is 5.84. The molecule has 3 heteroatoms. The van der Waals surface area contributed by atoms with Gasteiger partial charge in [-0.3, -0.25) is 0 Å². The fraction of sp³-hybridized carbons (Fsp3) is 0.588. The van der Waals surface area contributed by atoms with Crippen molar-refractivity contribution in [2.24, 2.45) is 5.92 Å². The normalized spacial score (nSPS) is 16.9. The van der Waals surface area contributed by atoms with Crippen LogP contribution in [-0.4, -0.2) is 10.3 Å². The van der Waals surface area contributed by atoms with Crippen LogP contribution in [0, 0.1) is 5.92 Å². The summed E-state index contributed by atoms with van der Waals surface area (Å²) >= 11 is 0. The number of rotatable bonds is 4. The predicted octanol–water partition coefficient (Wildman–Crippen LogP) is 4.61. The van der Waals surface area contributed by atoms with Crippen molar-refractivity contribution in [3.8, 4) is 5.75 Å². The van der Waals surface area contributed by atoms with Crippen molar-refractivity contribution in [3.63, 3.8) is 0 Å². The number of phenols is 1. The Labute approximate surface area is 120 Å². The Balaban J connectivity index is 1.90. The number of aromatic hydroxyl groups is 1. The topological polar surface area (TPSA) is 46.3 Å². The predicted molar refractivity (Wildman–Crippen MR) is 79.9 cm³/mol. The average Bonchev–Trinajstić information content (AvgIpc) is 2.86. The number of aryl methyl sites for hydroxylation is 1. The Bertz CT molecular complexity index is 582. The van der Waals surface area contributed by atoms with Gasteiger partial charge in [0.1, 0.15) is 5.75 Å². The van der Waals surface area contributed by atoms with Gasteiger partial charge in [-0.15, -0.1) is 0 Å². The summed E-state index contributed by atoms with van der Waals surface area (Å²) in [5, 5.41) is 15.4. The van der Waals surface area contributed by atoms with E-state index in [2.05, 4.69) is 12.1 Å². The van der Waals surface area contributed by atoms with E-state index in [1.54, 1.807) is 6.07 Å². The highest BCUT2D eigenvalue weighted by atomic mass is 16.5. The van der Waals surface area contributed by atoms with E-state index in [1.165, 1.54) is 32.1 Å². The van der Waals surface area contributed by atoms with E-state index in [1.807, 2.05) is 6.07 Å². The number of aromatic nitrogens is 1. The molecule has 20 heavy (non-hydrogen) atoms. The summed E-state index contributed by atoms with van der Waals surface area (Å²) in [6, 6.07) is 3.74. The molecule has 1 aliphatic rings. The number of hydrogen-bond donors (Lipinski definition) is 1. The Kier molecular flexibility index (Phi) is 3.95. The van der Waals surface area contributed by atoms with Crippen LogP contribution in [0.1, 0.15) is 56.7 Å². The molecule has 2 aromatic rings. The van der Waals surface area contributed by atoms with Gasteiger partial charge in [-0.2, -0.15) is 0 Å². The first-order valence-corrected chi connectivity index (χ1v) is 7.88.